The van der Waals surface area contributed by atoms with Gasteiger partial charge in [-0.3, -0.25) is 0 Å². The van der Waals surface area contributed by atoms with Crippen LogP contribution in [0.5, 0.6) is 0 Å². The Morgan fingerprint density at radius 3 is 2.05 bits per heavy atom. The second-order valence-electron chi connectivity index (χ2n) is 9.11. The summed E-state index contributed by atoms with van der Waals surface area (Å²) in [5, 5.41) is 7.74. The molecule has 0 heterocycles. The third-order valence-electron chi connectivity index (χ3n) is 7.85. The summed E-state index contributed by atoms with van der Waals surface area (Å²) in [6.45, 7) is 9.88. The van der Waals surface area contributed by atoms with E-state index in [-0.39, 0.29) is 0 Å². The third kappa shape index (κ3) is 3.11. The molecule has 3 rings (SSSR count). The zero-order valence-electron chi connectivity index (χ0n) is 15.2. The smallest absolute Gasteiger partial charge is 0.0129 e. The van der Waals surface area contributed by atoms with Gasteiger partial charge in [-0.1, -0.05) is 52.9 Å². The molecule has 2 nitrogen and oxygen atoms in total. The Hall–Kier alpha value is -0.0800. The molecule has 3 fully saturated rings. The molecule has 3 aliphatic rings. The van der Waals surface area contributed by atoms with Gasteiger partial charge in [0.25, 0.3) is 0 Å². The van der Waals surface area contributed by atoms with E-state index in [2.05, 4.69) is 31.4 Å². The zero-order chi connectivity index (χ0) is 15.6. The minimum atomic E-state index is 0.526. The molecule has 0 spiro atoms. The van der Waals surface area contributed by atoms with Crippen molar-refractivity contribution in [2.24, 2.45) is 16.7 Å². The lowest BCUT2D eigenvalue weighted by Gasteiger charge is -2.39. The van der Waals surface area contributed by atoms with Gasteiger partial charge in [-0.05, 0) is 48.9 Å². The lowest BCUT2D eigenvalue weighted by Crippen LogP contribution is -2.47. The summed E-state index contributed by atoms with van der Waals surface area (Å²) in [6.07, 6.45) is 14.3. The largest absolute Gasteiger partial charge is 0.313 e. The molecule has 2 heteroatoms. The number of hydrogen-bond donors (Lipinski definition) is 2. The van der Waals surface area contributed by atoms with E-state index in [1.165, 1.54) is 64.2 Å². The van der Waals surface area contributed by atoms with Crippen LogP contribution in [-0.2, 0) is 0 Å². The molecule has 0 saturated heterocycles. The van der Waals surface area contributed by atoms with Gasteiger partial charge < -0.3 is 10.6 Å². The van der Waals surface area contributed by atoms with Crippen molar-refractivity contribution < 1.29 is 0 Å². The average molecular weight is 307 g/mol. The van der Waals surface area contributed by atoms with Crippen molar-refractivity contribution in [2.75, 3.05) is 13.1 Å². The van der Waals surface area contributed by atoms with Crippen LogP contribution in [0.3, 0.4) is 0 Å². The Labute approximate surface area is 138 Å². The molecule has 3 atom stereocenters. The van der Waals surface area contributed by atoms with Gasteiger partial charge in [-0.2, -0.15) is 0 Å². The zero-order valence-corrected chi connectivity index (χ0v) is 15.2. The lowest BCUT2D eigenvalue weighted by molar-refractivity contribution is 0.121. The standard InChI is InChI=1S/C20H38N2/c1-19(2)16-11-12-20(19,3)18(15-16)22-14-13-21-17-9-7-5-4-6-8-10-17/h16-18,21-22H,4-15H2,1-3H3/t16?,18-,20?/m1/s1. The van der Waals surface area contributed by atoms with Crippen LogP contribution in [0, 0.1) is 16.7 Å². The number of fused-ring (bicyclic) bond motifs is 2. The monoisotopic (exact) mass is 306 g/mol. The van der Waals surface area contributed by atoms with E-state index in [0.29, 0.717) is 10.8 Å². The number of hydrogen-bond acceptors (Lipinski definition) is 2. The van der Waals surface area contributed by atoms with Crippen molar-refractivity contribution in [3.8, 4) is 0 Å². The maximum absolute atomic E-state index is 3.91. The highest BCUT2D eigenvalue weighted by Gasteiger charge is 2.60. The third-order valence-corrected chi connectivity index (χ3v) is 7.85. The van der Waals surface area contributed by atoms with Gasteiger partial charge in [0.05, 0.1) is 0 Å². The Kier molecular flexibility index (Phi) is 5.19. The molecular formula is C20H38N2. The predicted molar refractivity (Wildman–Crippen MR) is 95.1 cm³/mol. The van der Waals surface area contributed by atoms with E-state index in [4.69, 9.17) is 0 Å². The highest BCUT2D eigenvalue weighted by Crippen LogP contribution is 2.65. The Bertz CT molecular complexity index is 357. The van der Waals surface area contributed by atoms with Crippen molar-refractivity contribution in [2.45, 2.75) is 97.1 Å². The predicted octanol–water partition coefficient (Wildman–Crippen LogP) is 4.49. The van der Waals surface area contributed by atoms with Gasteiger partial charge in [-0.15, -0.1) is 0 Å². The van der Waals surface area contributed by atoms with Crippen molar-refractivity contribution in [3.63, 3.8) is 0 Å². The number of nitrogens with one attached hydrogen (secondary N) is 2. The molecule has 0 aromatic carbocycles. The highest BCUT2D eigenvalue weighted by molar-refractivity contribution is 5.12. The van der Waals surface area contributed by atoms with E-state index >= 15 is 0 Å². The van der Waals surface area contributed by atoms with Gasteiger partial charge in [0.15, 0.2) is 0 Å². The Morgan fingerprint density at radius 1 is 0.818 bits per heavy atom. The van der Waals surface area contributed by atoms with Crippen LogP contribution in [0.4, 0.5) is 0 Å². The maximum atomic E-state index is 3.91. The van der Waals surface area contributed by atoms with E-state index in [1.807, 2.05) is 0 Å². The summed E-state index contributed by atoms with van der Waals surface area (Å²) in [7, 11) is 0. The summed E-state index contributed by atoms with van der Waals surface area (Å²) in [6, 6.07) is 1.54. The van der Waals surface area contributed by atoms with Crippen LogP contribution in [0.2, 0.25) is 0 Å². The molecule has 22 heavy (non-hydrogen) atoms. The average Bonchev–Trinajstić information content (AvgIpc) is 2.78. The van der Waals surface area contributed by atoms with Crippen molar-refractivity contribution in [1.29, 1.82) is 0 Å². The summed E-state index contributed by atoms with van der Waals surface area (Å²) >= 11 is 0. The first-order valence-corrected chi connectivity index (χ1v) is 10.0. The fourth-order valence-electron chi connectivity index (χ4n) is 5.70. The lowest BCUT2D eigenvalue weighted by atomic mass is 9.69. The van der Waals surface area contributed by atoms with Crippen LogP contribution >= 0.6 is 0 Å². The molecular weight excluding hydrogens is 268 g/mol. The fraction of sp³-hybridized carbons (Fsp3) is 1.00. The van der Waals surface area contributed by atoms with Crippen LogP contribution in [0.25, 0.3) is 0 Å². The SMILES string of the molecule is CC1(C)C2CCC1(C)[C@H](NCCNC1CCCCCCC1)C2. The maximum Gasteiger partial charge on any atom is 0.0129 e. The molecule has 2 bridgehead atoms. The van der Waals surface area contributed by atoms with Gasteiger partial charge in [0.1, 0.15) is 0 Å². The summed E-state index contributed by atoms with van der Waals surface area (Å²) in [5.41, 5.74) is 1.07. The molecule has 0 aromatic heterocycles. The molecule has 3 aliphatic carbocycles. The van der Waals surface area contributed by atoms with Gasteiger partial charge in [0, 0.05) is 25.2 Å². The van der Waals surface area contributed by atoms with E-state index in [1.54, 1.807) is 0 Å². The first-order valence-electron chi connectivity index (χ1n) is 10.0. The topological polar surface area (TPSA) is 24.1 Å². The molecule has 3 saturated carbocycles. The van der Waals surface area contributed by atoms with E-state index in [0.717, 1.165) is 31.1 Å². The van der Waals surface area contributed by atoms with Crippen LogP contribution in [0.1, 0.15) is 85.0 Å². The molecule has 128 valence electrons. The molecule has 0 aromatic rings. The molecule has 0 aliphatic heterocycles. The van der Waals surface area contributed by atoms with E-state index < -0.39 is 0 Å². The Morgan fingerprint density at radius 2 is 1.45 bits per heavy atom. The normalized spacial score (nSPS) is 38.9. The minimum Gasteiger partial charge on any atom is -0.313 e. The molecule has 2 N–H and O–H groups in total. The van der Waals surface area contributed by atoms with Gasteiger partial charge >= 0.3 is 0 Å². The fourth-order valence-corrected chi connectivity index (χ4v) is 5.70. The second kappa shape index (κ2) is 6.81. The van der Waals surface area contributed by atoms with Crippen molar-refractivity contribution >= 4 is 0 Å². The van der Waals surface area contributed by atoms with Gasteiger partial charge in [0.2, 0.25) is 0 Å². The van der Waals surface area contributed by atoms with Crippen molar-refractivity contribution in [3.05, 3.63) is 0 Å². The van der Waals surface area contributed by atoms with Crippen LogP contribution in [0.15, 0.2) is 0 Å². The highest BCUT2D eigenvalue weighted by atomic mass is 15.0. The quantitative estimate of drug-likeness (QED) is 0.731. The molecule has 0 amide bonds. The second-order valence-corrected chi connectivity index (χ2v) is 9.11. The first-order chi connectivity index (χ1) is 10.5. The van der Waals surface area contributed by atoms with Crippen LogP contribution < -0.4 is 10.6 Å². The molecule has 0 radical (unpaired) electrons. The summed E-state index contributed by atoms with van der Waals surface area (Å²) in [4.78, 5) is 0. The minimum absolute atomic E-state index is 0.526. The first kappa shape index (κ1) is 16.8. The van der Waals surface area contributed by atoms with Crippen molar-refractivity contribution in [1.82, 2.24) is 10.6 Å². The molecule has 2 unspecified atom stereocenters. The van der Waals surface area contributed by atoms with Crippen LogP contribution in [-0.4, -0.2) is 25.2 Å². The van der Waals surface area contributed by atoms with E-state index in [9.17, 15) is 0 Å². The summed E-state index contributed by atoms with van der Waals surface area (Å²) in [5.74, 6) is 0.952. The number of rotatable bonds is 5. The summed E-state index contributed by atoms with van der Waals surface area (Å²) < 4.78 is 0. The Balaban J connectivity index is 1.39. The van der Waals surface area contributed by atoms with Gasteiger partial charge in [-0.25, -0.2) is 0 Å².